The van der Waals surface area contributed by atoms with E-state index in [-0.39, 0.29) is 6.04 Å². The molecule has 0 fully saturated rings. The summed E-state index contributed by atoms with van der Waals surface area (Å²) < 4.78 is 5.49. The van der Waals surface area contributed by atoms with E-state index >= 15 is 0 Å². The summed E-state index contributed by atoms with van der Waals surface area (Å²) in [4.78, 5) is 4.49. The fourth-order valence-electron chi connectivity index (χ4n) is 1.90. The van der Waals surface area contributed by atoms with Crippen molar-refractivity contribution >= 4 is 5.90 Å². The molecular formula is C13H18N2O2. The van der Waals surface area contributed by atoms with Gasteiger partial charge in [-0.3, -0.25) is 0 Å². The van der Waals surface area contributed by atoms with Gasteiger partial charge in [-0.1, -0.05) is 18.2 Å². The Hall–Kier alpha value is -1.55. The Balaban J connectivity index is 1.93. The molecule has 0 bridgehead atoms. The molecule has 1 aliphatic heterocycles. The van der Waals surface area contributed by atoms with Crippen LogP contribution in [0.2, 0.25) is 0 Å². The van der Waals surface area contributed by atoms with Crippen molar-refractivity contribution in [1.29, 1.82) is 0 Å². The van der Waals surface area contributed by atoms with E-state index in [9.17, 15) is 5.11 Å². The van der Waals surface area contributed by atoms with Gasteiger partial charge in [-0.05, 0) is 24.6 Å². The highest BCUT2D eigenvalue weighted by atomic mass is 16.5. The van der Waals surface area contributed by atoms with Gasteiger partial charge in [0, 0.05) is 12.8 Å². The summed E-state index contributed by atoms with van der Waals surface area (Å²) in [5, 5.41) is 9.67. The largest absolute Gasteiger partial charge is 0.508 e. The number of para-hydroxylation sites is 1. The molecule has 1 heterocycles. The number of rotatable bonds is 5. The van der Waals surface area contributed by atoms with Gasteiger partial charge in [0.05, 0.1) is 6.04 Å². The molecule has 1 unspecified atom stereocenters. The molecule has 1 aromatic rings. The lowest BCUT2D eigenvalue weighted by molar-refractivity contribution is 0.307. The first-order chi connectivity index (χ1) is 8.29. The van der Waals surface area contributed by atoms with Gasteiger partial charge in [0.25, 0.3) is 0 Å². The van der Waals surface area contributed by atoms with Crippen LogP contribution in [0.15, 0.2) is 29.3 Å². The summed E-state index contributed by atoms with van der Waals surface area (Å²) >= 11 is 0. The molecular weight excluding hydrogens is 216 g/mol. The Kier molecular flexibility index (Phi) is 3.98. The highest BCUT2D eigenvalue weighted by Crippen LogP contribution is 2.20. The van der Waals surface area contributed by atoms with Gasteiger partial charge in [-0.25, -0.2) is 4.99 Å². The third-order valence-electron chi connectivity index (χ3n) is 2.81. The predicted molar refractivity (Wildman–Crippen MR) is 67.3 cm³/mol. The van der Waals surface area contributed by atoms with Crippen molar-refractivity contribution in [2.45, 2.75) is 25.3 Å². The van der Waals surface area contributed by atoms with Gasteiger partial charge in [-0.15, -0.1) is 0 Å². The molecule has 0 aromatic heterocycles. The highest BCUT2D eigenvalue weighted by molar-refractivity contribution is 5.77. The summed E-state index contributed by atoms with van der Waals surface area (Å²) in [6.07, 6.45) is 2.44. The second-order valence-electron chi connectivity index (χ2n) is 4.21. The maximum absolute atomic E-state index is 9.67. The number of aliphatic imine (C=N–C) groups is 1. The number of phenolic OH excluding ortho intramolecular Hbond substituents is 1. The fraction of sp³-hybridized carbons (Fsp3) is 0.462. The third-order valence-corrected chi connectivity index (χ3v) is 2.81. The van der Waals surface area contributed by atoms with Crippen molar-refractivity contribution < 1.29 is 9.84 Å². The van der Waals surface area contributed by atoms with Crippen LogP contribution in [0.4, 0.5) is 0 Å². The summed E-state index contributed by atoms with van der Waals surface area (Å²) in [5.74, 6) is 1.13. The maximum atomic E-state index is 9.67. The Morgan fingerprint density at radius 2 is 2.24 bits per heavy atom. The number of nitrogens with two attached hydrogens (primary N) is 1. The maximum Gasteiger partial charge on any atom is 0.183 e. The zero-order chi connectivity index (χ0) is 12.1. The quantitative estimate of drug-likeness (QED) is 0.810. The number of hydrogen-bond donors (Lipinski definition) is 2. The SMILES string of the molecule is NCCCC1=NC(Cc2ccccc2O)CO1. The van der Waals surface area contributed by atoms with Crippen LogP contribution in [0.1, 0.15) is 18.4 Å². The zero-order valence-corrected chi connectivity index (χ0v) is 9.80. The van der Waals surface area contributed by atoms with E-state index in [0.717, 1.165) is 30.7 Å². The van der Waals surface area contributed by atoms with Crippen molar-refractivity contribution in [2.24, 2.45) is 10.7 Å². The topological polar surface area (TPSA) is 67.8 Å². The molecule has 1 aliphatic rings. The Bertz CT molecular complexity index is 404. The molecule has 92 valence electrons. The normalized spacial score (nSPS) is 18.9. The van der Waals surface area contributed by atoms with Crippen molar-refractivity contribution in [3.05, 3.63) is 29.8 Å². The molecule has 0 amide bonds. The van der Waals surface area contributed by atoms with Crippen LogP contribution in [0, 0.1) is 0 Å². The number of phenols is 1. The molecule has 4 nitrogen and oxygen atoms in total. The van der Waals surface area contributed by atoms with Gasteiger partial charge in [0.15, 0.2) is 5.90 Å². The molecule has 0 aliphatic carbocycles. The van der Waals surface area contributed by atoms with E-state index < -0.39 is 0 Å². The van der Waals surface area contributed by atoms with Crippen LogP contribution in [0.25, 0.3) is 0 Å². The van der Waals surface area contributed by atoms with E-state index in [4.69, 9.17) is 10.5 Å². The minimum atomic E-state index is 0.121. The minimum absolute atomic E-state index is 0.121. The van der Waals surface area contributed by atoms with E-state index in [1.165, 1.54) is 0 Å². The average molecular weight is 234 g/mol. The molecule has 1 atom stereocenters. The number of nitrogens with zero attached hydrogens (tertiary/aromatic N) is 1. The second kappa shape index (κ2) is 5.68. The Labute approximate surface area is 101 Å². The van der Waals surface area contributed by atoms with Gasteiger partial charge < -0.3 is 15.6 Å². The first kappa shape index (κ1) is 11.9. The molecule has 0 saturated carbocycles. The lowest BCUT2D eigenvalue weighted by atomic mass is 10.1. The van der Waals surface area contributed by atoms with Gasteiger partial charge in [-0.2, -0.15) is 0 Å². The number of aromatic hydroxyl groups is 1. The number of ether oxygens (including phenoxy) is 1. The monoisotopic (exact) mass is 234 g/mol. The summed E-state index contributed by atoms with van der Waals surface area (Å²) in [6.45, 7) is 1.26. The number of benzene rings is 1. The molecule has 17 heavy (non-hydrogen) atoms. The van der Waals surface area contributed by atoms with E-state index in [2.05, 4.69) is 4.99 Å². The lowest BCUT2D eigenvalue weighted by Crippen LogP contribution is -2.10. The van der Waals surface area contributed by atoms with Crippen LogP contribution in [-0.4, -0.2) is 30.2 Å². The van der Waals surface area contributed by atoms with Crippen LogP contribution in [0.3, 0.4) is 0 Å². The van der Waals surface area contributed by atoms with Crippen LogP contribution in [-0.2, 0) is 11.2 Å². The zero-order valence-electron chi connectivity index (χ0n) is 9.80. The first-order valence-electron chi connectivity index (χ1n) is 5.96. The molecule has 0 spiro atoms. The number of hydrogen-bond acceptors (Lipinski definition) is 4. The summed E-state index contributed by atoms with van der Waals surface area (Å²) in [7, 11) is 0. The molecule has 0 saturated heterocycles. The molecule has 1 aromatic carbocycles. The first-order valence-corrected chi connectivity index (χ1v) is 5.96. The van der Waals surface area contributed by atoms with Crippen molar-refractivity contribution in [1.82, 2.24) is 0 Å². The summed E-state index contributed by atoms with van der Waals surface area (Å²) in [6, 6.07) is 7.48. The highest BCUT2D eigenvalue weighted by Gasteiger charge is 2.19. The van der Waals surface area contributed by atoms with E-state index in [1.807, 2.05) is 18.2 Å². The van der Waals surface area contributed by atoms with E-state index in [0.29, 0.717) is 18.9 Å². The van der Waals surface area contributed by atoms with E-state index in [1.54, 1.807) is 6.07 Å². The van der Waals surface area contributed by atoms with Crippen molar-refractivity contribution in [3.63, 3.8) is 0 Å². The standard InChI is InChI=1S/C13H18N2O2/c14-7-3-6-13-15-11(9-17-13)8-10-4-1-2-5-12(10)16/h1-2,4-5,11,16H,3,6-9,14H2. The third kappa shape index (κ3) is 3.20. The van der Waals surface area contributed by atoms with Gasteiger partial charge in [0.1, 0.15) is 12.4 Å². The van der Waals surface area contributed by atoms with Crippen LogP contribution < -0.4 is 5.73 Å². The van der Waals surface area contributed by atoms with Gasteiger partial charge >= 0.3 is 0 Å². The molecule has 3 N–H and O–H groups in total. The molecule has 0 radical (unpaired) electrons. The average Bonchev–Trinajstić information content (AvgIpc) is 2.77. The molecule has 4 heteroatoms. The Morgan fingerprint density at radius 3 is 3.00 bits per heavy atom. The second-order valence-corrected chi connectivity index (χ2v) is 4.21. The van der Waals surface area contributed by atoms with Gasteiger partial charge in [0.2, 0.25) is 0 Å². The summed E-state index contributed by atoms with van der Waals surface area (Å²) in [5.41, 5.74) is 6.36. The van der Waals surface area contributed by atoms with Crippen molar-refractivity contribution in [3.8, 4) is 5.75 Å². The smallest absolute Gasteiger partial charge is 0.183 e. The van der Waals surface area contributed by atoms with Crippen LogP contribution in [0.5, 0.6) is 5.75 Å². The minimum Gasteiger partial charge on any atom is -0.508 e. The Morgan fingerprint density at radius 1 is 1.41 bits per heavy atom. The fourth-order valence-corrected chi connectivity index (χ4v) is 1.90. The van der Waals surface area contributed by atoms with Crippen LogP contribution >= 0.6 is 0 Å². The lowest BCUT2D eigenvalue weighted by Gasteiger charge is -2.06. The van der Waals surface area contributed by atoms with Crippen molar-refractivity contribution in [2.75, 3.05) is 13.2 Å². The molecule has 2 rings (SSSR count). The predicted octanol–water partition coefficient (Wildman–Crippen LogP) is 1.47.